The summed E-state index contributed by atoms with van der Waals surface area (Å²) in [4.78, 5) is 15.8. The van der Waals surface area contributed by atoms with Gasteiger partial charge < -0.3 is 15.2 Å². The molecule has 6 heteroatoms. The zero-order valence-electron chi connectivity index (χ0n) is 11.2. The van der Waals surface area contributed by atoms with Crippen LogP contribution in [-0.2, 0) is 6.42 Å². The van der Waals surface area contributed by atoms with Gasteiger partial charge in [0.2, 0.25) is 5.89 Å². The van der Waals surface area contributed by atoms with E-state index < -0.39 is 0 Å². The lowest BCUT2D eigenvalue weighted by molar-refractivity contribution is 0.0942. The van der Waals surface area contributed by atoms with Crippen LogP contribution in [0.2, 0.25) is 0 Å². The van der Waals surface area contributed by atoms with Crippen molar-refractivity contribution in [3.8, 4) is 0 Å². The van der Waals surface area contributed by atoms with Crippen molar-refractivity contribution >= 4 is 11.6 Å². The van der Waals surface area contributed by atoms with Crippen LogP contribution in [0.25, 0.3) is 0 Å². The molecule has 2 aromatic rings. The average Bonchev–Trinajstić information content (AvgIpc) is 2.97. The number of amides is 1. The first kappa shape index (κ1) is 12.7. The Balaban J connectivity index is 1.77. The summed E-state index contributed by atoms with van der Waals surface area (Å²) in [5.41, 5.74) is 2.37. The monoisotopic (exact) mass is 272 g/mol. The van der Waals surface area contributed by atoms with Crippen molar-refractivity contribution in [2.75, 3.05) is 18.4 Å². The molecule has 1 unspecified atom stereocenters. The van der Waals surface area contributed by atoms with Crippen LogP contribution in [0.4, 0.5) is 5.69 Å². The largest absolute Gasteiger partial charge is 0.384 e. The number of para-hydroxylation sites is 1. The molecule has 0 radical (unpaired) electrons. The Morgan fingerprint density at radius 3 is 3.20 bits per heavy atom. The van der Waals surface area contributed by atoms with Crippen LogP contribution >= 0.6 is 0 Å². The zero-order chi connectivity index (χ0) is 13.9. The third-order valence-electron chi connectivity index (χ3n) is 3.35. The maximum absolute atomic E-state index is 11.6. The first-order valence-electron chi connectivity index (χ1n) is 6.71. The summed E-state index contributed by atoms with van der Waals surface area (Å²) < 4.78 is 5.22. The van der Waals surface area contributed by atoms with Crippen molar-refractivity contribution in [3.63, 3.8) is 0 Å². The average molecular weight is 272 g/mol. The third kappa shape index (κ3) is 2.36. The van der Waals surface area contributed by atoms with Crippen molar-refractivity contribution < 1.29 is 9.32 Å². The first-order chi connectivity index (χ1) is 9.78. The number of carbonyl (C=O) groups excluding carboxylic acids is 1. The van der Waals surface area contributed by atoms with Gasteiger partial charge in [-0.1, -0.05) is 23.4 Å². The first-order valence-corrected chi connectivity index (χ1v) is 6.71. The van der Waals surface area contributed by atoms with Gasteiger partial charge in [-0.05, 0) is 25.0 Å². The lowest BCUT2D eigenvalue weighted by atomic mass is 9.94. The maximum Gasteiger partial charge on any atom is 0.292 e. The summed E-state index contributed by atoms with van der Waals surface area (Å²) in [5.74, 6) is 0.404. The number of aromatic nitrogens is 2. The number of anilines is 1. The molecule has 6 nitrogen and oxygen atoms in total. The second-order valence-corrected chi connectivity index (χ2v) is 4.75. The van der Waals surface area contributed by atoms with Crippen LogP contribution in [0.1, 0.15) is 34.9 Å². The smallest absolute Gasteiger partial charge is 0.292 e. The Hall–Kier alpha value is -2.37. The molecule has 0 saturated heterocycles. The Kier molecular flexibility index (Phi) is 3.37. The molecule has 104 valence electrons. The second kappa shape index (κ2) is 5.32. The zero-order valence-corrected chi connectivity index (χ0v) is 11.2. The fraction of sp³-hybridized carbons (Fsp3) is 0.357. The highest BCUT2D eigenvalue weighted by Crippen LogP contribution is 2.29. The van der Waals surface area contributed by atoms with E-state index >= 15 is 0 Å². The molecule has 0 spiro atoms. The number of rotatable bonds is 3. The molecule has 2 N–H and O–H groups in total. The third-order valence-corrected chi connectivity index (χ3v) is 3.35. The van der Waals surface area contributed by atoms with Gasteiger partial charge in [-0.25, -0.2) is 0 Å². The number of benzene rings is 1. The summed E-state index contributed by atoms with van der Waals surface area (Å²) in [7, 11) is 0. The lowest BCUT2D eigenvalue weighted by Gasteiger charge is -2.23. The molecule has 20 heavy (non-hydrogen) atoms. The highest BCUT2D eigenvalue weighted by Gasteiger charge is 2.25. The standard InChI is InChI=1S/C14H16N4O2/c1-2-15-13(19)12-17-14(20-18-12)10-7-9-5-3-4-6-11(9)16-8-10/h3-6,10,16H,2,7-8H2,1H3,(H,15,19). The molecule has 3 rings (SSSR count). The minimum absolute atomic E-state index is 0.0978. The van der Waals surface area contributed by atoms with Gasteiger partial charge in [0.15, 0.2) is 0 Å². The van der Waals surface area contributed by atoms with Crippen molar-refractivity contribution in [2.45, 2.75) is 19.3 Å². The number of nitrogens with one attached hydrogen (secondary N) is 2. The quantitative estimate of drug-likeness (QED) is 0.886. The van der Waals surface area contributed by atoms with E-state index in [1.54, 1.807) is 0 Å². The molecule has 2 heterocycles. The highest BCUT2D eigenvalue weighted by atomic mass is 16.5. The van der Waals surface area contributed by atoms with Gasteiger partial charge in [-0.2, -0.15) is 4.98 Å². The molecule has 0 fully saturated rings. The molecule has 1 atom stereocenters. The lowest BCUT2D eigenvalue weighted by Crippen LogP contribution is -2.24. The number of nitrogens with zero attached hydrogens (tertiary/aromatic N) is 2. The molecule has 1 aliphatic rings. The molecular formula is C14H16N4O2. The van der Waals surface area contributed by atoms with E-state index in [0.29, 0.717) is 12.4 Å². The SMILES string of the molecule is CCNC(=O)c1noc(C2CNc3ccccc3C2)n1. The second-order valence-electron chi connectivity index (χ2n) is 4.75. The van der Waals surface area contributed by atoms with E-state index in [2.05, 4.69) is 32.9 Å². The van der Waals surface area contributed by atoms with Crippen LogP contribution in [0.15, 0.2) is 28.8 Å². The van der Waals surface area contributed by atoms with Gasteiger partial charge in [-0.3, -0.25) is 4.79 Å². The molecule has 1 aromatic heterocycles. The summed E-state index contributed by atoms with van der Waals surface area (Å²) in [6.45, 7) is 3.12. The predicted molar refractivity (Wildman–Crippen MR) is 73.7 cm³/mol. The normalized spacial score (nSPS) is 17.1. The minimum atomic E-state index is -0.299. The van der Waals surface area contributed by atoms with Crippen LogP contribution in [0.5, 0.6) is 0 Å². The van der Waals surface area contributed by atoms with Crippen LogP contribution in [0, 0.1) is 0 Å². The Morgan fingerprint density at radius 1 is 1.50 bits per heavy atom. The van der Waals surface area contributed by atoms with E-state index in [1.165, 1.54) is 5.56 Å². The predicted octanol–water partition coefficient (Wildman–Crippen LogP) is 1.57. The maximum atomic E-state index is 11.6. The van der Waals surface area contributed by atoms with Crippen LogP contribution < -0.4 is 10.6 Å². The molecule has 0 saturated carbocycles. The molecule has 1 aliphatic heterocycles. The van der Waals surface area contributed by atoms with Gasteiger partial charge >= 0.3 is 0 Å². The summed E-state index contributed by atoms with van der Waals surface area (Å²) in [6, 6.07) is 8.15. The fourth-order valence-electron chi connectivity index (χ4n) is 2.35. The van der Waals surface area contributed by atoms with Gasteiger partial charge in [0.1, 0.15) is 0 Å². The fourth-order valence-corrected chi connectivity index (χ4v) is 2.35. The van der Waals surface area contributed by atoms with Gasteiger partial charge in [0.25, 0.3) is 11.7 Å². The molecule has 0 aliphatic carbocycles. The molecule has 0 bridgehead atoms. The Bertz CT molecular complexity index is 623. The Labute approximate surface area is 116 Å². The van der Waals surface area contributed by atoms with Crippen molar-refractivity contribution in [1.82, 2.24) is 15.5 Å². The number of hydrogen-bond acceptors (Lipinski definition) is 5. The minimum Gasteiger partial charge on any atom is -0.384 e. The van der Waals surface area contributed by atoms with Gasteiger partial charge in [0.05, 0.1) is 5.92 Å². The summed E-state index contributed by atoms with van der Waals surface area (Å²) >= 11 is 0. The van der Waals surface area contributed by atoms with Gasteiger partial charge in [0, 0.05) is 18.8 Å². The molecule has 1 amide bonds. The van der Waals surface area contributed by atoms with Crippen molar-refractivity contribution in [2.24, 2.45) is 0 Å². The summed E-state index contributed by atoms with van der Waals surface area (Å²) in [6.07, 6.45) is 0.834. The van der Waals surface area contributed by atoms with E-state index in [-0.39, 0.29) is 17.6 Å². The molecule has 1 aromatic carbocycles. The van der Waals surface area contributed by atoms with E-state index in [4.69, 9.17) is 4.52 Å². The van der Waals surface area contributed by atoms with Crippen LogP contribution in [-0.4, -0.2) is 29.1 Å². The highest BCUT2D eigenvalue weighted by molar-refractivity contribution is 5.90. The number of fused-ring (bicyclic) bond motifs is 1. The van der Waals surface area contributed by atoms with E-state index in [9.17, 15) is 4.79 Å². The van der Waals surface area contributed by atoms with Crippen molar-refractivity contribution in [3.05, 3.63) is 41.5 Å². The van der Waals surface area contributed by atoms with Gasteiger partial charge in [-0.15, -0.1) is 0 Å². The van der Waals surface area contributed by atoms with Crippen molar-refractivity contribution in [1.29, 1.82) is 0 Å². The topological polar surface area (TPSA) is 80.0 Å². The Morgan fingerprint density at radius 2 is 2.35 bits per heavy atom. The number of hydrogen-bond donors (Lipinski definition) is 2. The summed E-state index contributed by atoms with van der Waals surface area (Å²) in [5, 5.41) is 9.74. The van der Waals surface area contributed by atoms with Crippen LogP contribution in [0.3, 0.4) is 0 Å². The van der Waals surface area contributed by atoms with E-state index in [0.717, 1.165) is 18.7 Å². The molecular weight excluding hydrogens is 256 g/mol. The van der Waals surface area contributed by atoms with E-state index in [1.807, 2.05) is 19.1 Å². The number of carbonyl (C=O) groups is 1.